The second-order valence-corrected chi connectivity index (χ2v) is 4.14. The lowest BCUT2D eigenvalue weighted by molar-refractivity contribution is -0.385. The molecule has 92 valence electrons. The van der Waals surface area contributed by atoms with E-state index >= 15 is 0 Å². The van der Waals surface area contributed by atoms with Crippen molar-refractivity contribution in [3.8, 4) is 5.75 Å². The number of carboxylic acids is 1. The van der Waals surface area contributed by atoms with Gasteiger partial charge in [-0.1, -0.05) is 0 Å². The van der Waals surface area contributed by atoms with Gasteiger partial charge in [0.05, 0.1) is 16.5 Å². The maximum absolute atomic E-state index is 10.8. The smallest absolute Gasteiger partial charge is 0.312 e. The van der Waals surface area contributed by atoms with Crippen molar-refractivity contribution in [2.75, 3.05) is 7.11 Å². The van der Waals surface area contributed by atoms with Crippen LogP contribution in [0.5, 0.6) is 5.75 Å². The number of aryl methyl sites for hydroxylation is 1. The van der Waals surface area contributed by atoms with Crippen molar-refractivity contribution in [1.82, 2.24) is 0 Å². The molecule has 0 aliphatic heterocycles. The number of carboxylic acid groups (broad SMARTS) is 1. The van der Waals surface area contributed by atoms with E-state index in [0.717, 1.165) is 0 Å². The second kappa shape index (κ2) is 5.62. The highest BCUT2D eigenvalue weighted by Gasteiger charge is 2.19. The van der Waals surface area contributed by atoms with E-state index in [-0.39, 0.29) is 24.3 Å². The lowest BCUT2D eigenvalue weighted by Crippen LogP contribution is -2.00. The Morgan fingerprint density at radius 2 is 2.24 bits per heavy atom. The predicted molar refractivity (Wildman–Crippen MR) is 63.3 cm³/mol. The van der Waals surface area contributed by atoms with Gasteiger partial charge in [-0.15, -0.1) is 0 Å². The first-order valence-corrected chi connectivity index (χ1v) is 5.47. The Morgan fingerprint density at radius 3 is 2.71 bits per heavy atom. The number of carbonyl (C=O) groups is 1. The fourth-order valence-electron chi connectivity index (χ4n) is 1.37. The van der Waals surface area contributed by atoms with Crippen LogP contribution in [-0.4, -0.2) is 23.1 Å². The molecule has 7 heteroatoms. The number of halogens is 1. The van der Waals surface area contributed by atoms with Gasteiger partial charge < -0.3 is 9.84 Å². The summed E-state index contributed by atoms with van der Waals surface area (Å²) in [6.07, 6.45) is 0.161. The quantitative estimate of drug-likeness (QED) is 0.666. The summed E-state index contributed by atoms with van der Waals surface area (Å²) in [5.74, 6) is -0.811. The van der Waals surface area contributed by atoms with Gasteiger partial charge in [-0.25, -0.2) is 0 Å². The molecule has 1 aromatic carbocycles. The van der Waals surface area contributed by atoms with Crippen LogP contribution in [-0.2, 0) is 11.2 Å². The molecule has 0 atom stereocenters. The van der Waals surface area contributed by atoms with Crippen LogP contribution in [0.2, 0.25) is 0 Å². The van der Waals surface area contributed by atoms with Crippen LogP contribution in [0.4, 0.5) is 5.69 Å². The summed E-state index contributed by atoms with van der Waals surface area (Å²) >= 11 is 3.16. The Bertz CT molecular complexity index is 460. The van der Waals surface area contributed by atoms with E-state index in [4.69, 9.17) is 9.84 Å². The van der Waals surface area contributed by atoms with E-state index in [1.54, 1.807) is 6.07 Å². The highest BCUT2D eigenvalue weighted by atomic mass is 79.9. The molecule has 0 aliphatic rings. The minimum Gasteiger partial charge on any atom is -0.489 e. The third-order valence-corrected chi connectivity index (χ3v) is 2.70. The molecule has 1 rings (SSSR count). The molecule has 0 saturated heterocycles. The van der Waals surface area contributed by atoms with Crippen molar-refractivity contribution in [2.45, 2.75) is 12.8 Å². The average Bonchev–Trinajstić information content (AvgIpc) is 2.25. The average molecular weight is 304 g/mol. The van der Waals surface area contributed by atoms with Crippen LogP contribution >= 0.6 is 15.9 Å². The van der Waals surface area contributed by atoms with Crippen molar-refractivity contribution in [2.24, 2.45) is 0 Å². The molecule has 0 fully saturated rings. The molecule has 0 bridgehead atoms. The topological polar surface area (TPSA) is 89.7 Å². The van der Waals surface area contributed by atoms with E-state index in [2.05, 4.69) is 15.9 Å². The zero-order chi connectivity index (χ0) is 13.0. The summed E-state index contributed by atoms with van der Waals surface area (Å²) in [6.45, 7) is 0. The largest absolute Gasteiger partial charge is 0.489 e. The summed E-state index contributed by atoms with van der Waals surface area (Å²) < 4.78 is 5.35. The fraction of sp³-hybridized carbons (Fsp3) is 0.300. The first kappa shape index (κ1) is 13.4. The van der Waals surface area contributed by atoms with Crippen molar-refractivity contribution < 1.29 is 19.6 Å². The van der Waals surface area contributed by atoms with Gasteiger partial charge in [0.15, 0.2) is 0 Å². The molecule has 1 N–H and O–H groups in total. The third kappa shape index (κ3) is 3.42. The number of aliphatic carboxylic acids is 1. The molecule has 0 unspecified atom stereocenters. The van der Waals surface area contributed by atoms with Gasteiger partial charge in [-0.3, -0.25) is 14.9 Å². The minimum atomic E-state index is -0.945. The lowest BCUT2D eigenvalue weighted by Gasteiger charge is -2.06. The number of nitrogens with zero attached hydrogens (tertiary/aromatic N) is 1. The highest BCUT2D eigenvalue weighted by Crippen LogP contribution is 2.36. The molecule has 0 spiro atoms. The van der Waals surface area contributed by atoms with Crippen LogP contribution in [0.3, 0.4) is 0 Å². The maximum Gasteiger partial charge on any atom is 0.312 e. The van der Waals surface area contributed by atoms with Crippen LogP contribution in [0.15, 0.2) is 16.6 Å². The van der Waals surface area contributed by atoms with Gasteiger partial charge in [-0.2, -0.15) is 0 Å². The number of benzene rings is 1. The van der Waals surface area contributed by atoms with Crippen LogP contribution in [0, 0.1) is 10.1 Å². The highest BCUT2D eigenvalue weighted by molar-refractivity contribution is 9.10. The van der Waals surface area contributed by atoms with Gasteiger partial charge in [0.2, 0.25) is 5.75 Å². The van der Waals surface area contributed by atoms with Gasteiger partial charge in [-0.05, 0) is 34.0 Å². The zero-order valence-corrected chi connectivity index (χ0v) is 10.6. The summed E-state index contributed by atoms with van der Waals surface area (Å²) in [6, 6.07) is 2.95. The lowest BCUT2D eigenvalue weighted by atomic mass is 10.1. The third-order valence-electron chi connectivity index (χ3n) is 2.11. The number of nitro benzene ring substituents is 1. The maximum atomic E-state index is 10.8. The number of methoxy groups -OCH3 is 1. The standard InChI is InChI=1S/C10H10BrNO5/c1-17-10-7(11)4-6(2-3-9(13)14)5-8(10)12(15)16/h4-5H,2-3H2,1H3,(H,13,14). The molecule has 6 nitrogen and oxygen atoms in total. The summed E-state index contributed by atoms with van der Waals surface area (Å²) in [5, 5.41) is 19.4. The van der Waals surface area contributed by atoms with Crippen molar-refractivity contribution >= 4 is 27.6 Å². The van der Waals surface area contributed by atoms with Gasteiger partial charge in [0, 0.05) is 12.5 Å². The van der Waals surface area contributed by atoms with Gasteiger partial charge in [0.1, 0.15) is 0 Å². The molecule has 0 aromatic heterocycles. The van der Waals surface area contributed by atoms with E-state index in [1.807, 2.05) is 0 Å². The van der Waals surface area contributed by atoms with E-state index in [9.17, 15) is 14.9 Å². The molecule has 0 heterocycles. The molecule has 17 heavy (non-hydrogen) atoms. The molecule has 0 aliphatic carbocycles. The van der Waals surface area contributed by atoms with Crippen molar-refractivity contribution in [3.63, 3.8) is 0 Å². The van der Waals surface area contributed by atoms with Crippen LogP contribution in [0.1, 0.15) is 12.0 Å². The Hall–Kier alpha value is -1.63. The summed E-state index contributed by atoms with van der Waals surface area (Å²) in [4.78, 5) is 20.7. The molecular formula is C10H10BrNO5. The molecule has 0 radical (unpaired) electrons. The van der Waals surface area contributed by atoms with E-state index in [1.165, 1.54) is 13.2 Å². The Morgan fingerprint density at radius 1 is 1.59 bits per heavy atom. The molecule has 1 aromatic rings. The molecule has 0 saturated carbocycles. The number of rotatable bonds is 5. The van der Waals surface area contributed by atoms with Gasteiger partial charge in [0.25, 0.3) is 0 Å². The Labute approximate surface area is 105 Å². The number of ether oxygens (including phenoxy) is 1. The fourth-order valence-corrected chi connectivity index (χ4v) is 2.03. The number of hydrogen-bond acceptors (Lipinski definition) is 4. The predicted octanol–water partition coefficient (Wildman–Crippen LogP) is 2.38. The second-order valence-electron chi connectivity index (χ2n) is 3.28. The monoisotopic (exact) mass is 303 g/mol. The Balaban J connectivity index is 3.10. The van der Waals surface area contributed by atoms with Crippen LogP contribution < -0.4 is 4.74 Å². The van der Waals surface area contributed by atoms with E-state index < -0.39 is 10.9 Å². The van der Waals surface area contributed by atoms with Gasteiger partial charge >= 0.3 is 11.7 Å². The van der Waals surface area contributed by atoms with Crippen molar-refractivity contribution in [1.29, 1.82) is 0 Å². The number of hydrogen-bond donors (Lipinski definition) is 1. The normalized spacial score (nSPS) is 10.0. The summed E-state index contributed by atoms with van der Waals surface area (Å²) in [7, 11) is 1.34. The van der Waals surface area contributed by atoms with E-state index in [0.29, 0.717) is 10.0 Å². The first-order valence-electron chi connectivity index (χ1n) is 4.68. The van der Waals surface area contributed by atoms with Crippen LogP contribution in [0.25, 0.3) is 0 Å². The zero-order valence-electron chi connectivity index (χ0n) is 8.97. The SMILES string of the molecule is COc1c(Br)cc(CCC(=O)O)cc1[N+](=O)[O-]. The number of nitro groups is 1. The Kier molecular flexibility index (Phi) is 4.45. The van der Waals surface area contributed by atoms with Crippen molar-refractivity contribution in [3.05, 3.63) is 32.3 Å². The molecule has 0 amide bonds. The minimum absolute atomic E-state index is 0.0735. The first-order chi connectivity index (χ1) is 7.95. The molecular weight excluding hydrogens is 294 g/mol. The summed E-state index contributed by atoms with van der Waals surface area (Å²) in [5.41, 5.74) is 0.397.